The molecule has 1 rings (SSSR count). The summed E-state index contributed by atoms with van der Waals surface area (Å²) in [7, 11) is 0. The highest BCUT2D eigenvalue weighted by Gasteiger charge is 2.41. The third-order valence-corrected chi connectivity index (χ3v) is 2.77. The van der Waals surface area contributed by atoms with E-state index in [1.54, 1.807) is 0 Å². The van der Waals surface area contributed by atoms with Gasteiger partial charge in [-0.3, -0.25) is 0 Å². The van der Waals surface area contributed by atoms with Crippen LogP contribution in [0.15, 0.2) is 0 Å². The maximum absolute atomic E-state index is 12.3. The van der Waals surface area contributed by atoms with E-state index in [0.717, 1.165) is 0 Å². The molecule has 3 N–H and O–H groups in total. The summed E-state index contributed by atoms with van der Waals surface area (Å²) in [6.07, 6.45) is -2.26. The fraction of sp³-hybridized carbons (Fsp3) is 1.00. The van der Waals surface area contributed by atoms with E-state index in [2.05, 4.69) is 5.32 Å². The molecule has 0 aromatic heterocycles. The van der Waals surface area contributed by atoms with Crippen LogP contribution in [0, 0.1) is 5.92 Å². The fourth-order valence-electron chi connectivity index (χ4n) is 1.91. The van der Waals surface area contributed by atoms with Crippen molar-refractivity contribution in [2.45, 2.75) is 37.9 Å². The Hall–Kier alpha value is -0.290. The minimum atomic E-state index is -4.00. The molecule has 0 radical (unpaired) electrons. The molecule has 2 nitrogen and oxygen atoms in total. The van der Waals surface area contributed by atoms with Crippen molar-refractivity contribution in [1.82, 2.24) is 5.32 Å². The predicted molar refractivity (Wildman–Crippen MR) is 48.9 cm³/mol. The highest BCUT2D eigenvalue weighted by atomic mass is 19.4. The summed E-state index contributed by atoms with van der Waals surface area (Å²) in [5, 5.41) is 3.15. The quantitative estimate of drug-likeness (QED) is 0.743. The van der Waals surface area contributed by atoms with Crippen molar-refractivity contribution in [2.24, 2.45) is 11.7 Å². The van der Waals surface area contributed by atoms with Crippen LogP contribution in [0.4, 0.5) is 13.2 Å². The summed E-state index contributed by atoms with van der Waals surface area (Å²) in [5.41, 5.74) is 5.30. The van der Waals surface area contributed by atoms with Crippen LogP contribution in [0.2, 0.25) is 0 Å². The van der Waals surface area contributed by atoms with Gasteiger partial charge in [0.1, 0.15) is 0 Å². The zero-order valence-corrected chi connectivity index (χ0v) is 8.11. The van der Waals surface area contributed by atoms with E-state index in [1.165, 1.54) is 0 Å². The molecular formula is C9H17F3N2. The van der Waals surface area contributed by atoms with Gasteiger partial charge in [-0.2, -0.15) is 13.2 Å². The topological polar surface area (TPSA) is 38.0 Å². The molecule has 1 aliphatic rings. The van der Waals surface area contributed by atoms with Crippen LogP contribution in [0.25, 0.3) is 0 Å². The van der Waals surface area contributed by atoms with Crippen molar-refractivity contribution < 1.29 is 13.2 Å². The van der Waals surface area contributed by atoms with Gasteiger partial charge in [-0.1, -0.05) is 0 Å². The standard InChI is InChI=1S/C9H17F3N2/c10-9(11,12)7-1-3-8(4-2-7)14-6-5-13/h7-8,14H,1-6,13H2. The predicted octanol–water partition coefficient (Wildman–Crippen LogP) is 1.66. The molecule has 0 bridgehead atoms. The first kappa shape index (κ1) is 11.8. The van der Waals surface area contributed by atoms with Crippen LogP contribution < -0.4 is 11.1 Å². The second-order valence-electron chi connectivity index (χ2n) is 3.83. The van der Waals surface area contributed by atoms with Gasteiger partial charge in [0.15, 0.2) is 0 Å². The van der Waals surface area contributed by atoms with Gasteiger partial charge in [-0.25, -0.2) is 0 Å². The minimum absolute atomic E-state index is 0.233. The number of nitrogens with one attached hydrogen (secondary N) is 1. The Morgan fingerprint density at radius 1 is 1.14 bits per heavy atom. The third kappa shape index (κ3) is 3.46. The van der Waals surface area contributed by atoms with Crippen LogP contribution in [0.3, 0.4) is 0 Å². The number of rotatable bonds is 3. The van der Waals surface area contributed by atoms with Crippen molar-refractivity contribution >= 4 is 0 Å². The van der Waals surface area contributed by atoms with E-state index < -0.39 is 12.1 Å². The van der Waals surface area contributed by atoms with Gasteiger partial charge >= 0.3 is 6.18 Å². The normalized spacial score (nSPS) is 29.1. The summed E-state index contributed by atoms with van der Waals surface area (Å²) >= 11 is 0. The summed E-state index contributed by atoms with van der Waals surface area (Å²) in [6, 6.07) is 0.233. The smallest absolute Gasteiger partial charge is 0.329 e. The van der Waals surface area contributed by atoms with E-state index in [0.29, 0.717) is 25.9 Å². The minimum Gasteiger partial charge on any atom is -0.329 e. The van der Waals surface area contributed by atoms with Crippen LogP contribution in [-0.4, -0.2) is 25.3 Å². The molecule has 0 saturated heterocycles. The summed E-state index contributed by atoms with van der Waals surface area (Å²) in [6.45, 7) is 1.24. The Balaban J connectivity index is 2.24. The molecule has 0 spiro atoms. The third-order valence-electron chi connectivity index (χ3n) is 2.77. The van der Waals surface area contributed by atoms with E-state index >= 15 is 0 Å². The lowest BCUT2D eigenvalue weighted by Gasteiger charge is -2.30. The van der Waals surface area contributed by atoms with Crippen molar-refractivity contribution in [3.05, 3.63) is 0 Å². The number of nitrogens with two attached hydrogens (primary N) is 1. The lowest BCUT2D eigenvalue weighted by atomic mass is 9.85. The molecule has 5 heteroatoms. The van der Waals surface area contributed by atoms with E-state index in [4.69, 9.17) is 5.73 Å². The van der Waals surface area contributed by atoms with Crippen molar-refractivity contribution in [3.63, 3.8) is 0 Å². The van der Waals surface area contributed by atoms with Crippen LogP contribution in [0.5, 0.6) is 0 Å². The largest absolute Gasteiger partial charge is 0.391 e. The monoisotopic (exact) mass is 210 g/mol. The molecule has 0 aromatic rings. The molecule has 0 heterocycles. The Bertz CT molecular complexity index is 162. The number of hydrogen-bond acceptors (Lipinski definition) is 2. The zero-order chi connectivity index (χ0) is 10.6. The van der Waals surface area contributed by atoms with Crippen molar-refractivity contribution in [3.8, 4) is 0 Å². The molecule has 0 atom stereocenters. The van der Waals surface area contributed by atoms with Gasteiger partial charge < -0.3 is 11.1 Å². The van der Waals surface area contributed by atoms with Gasteiger partial charge in [-0.15, -0.1) is 0 Å². The molecule has 1 fully saturated rings. The van der Waals surface area contributed by atoms with Gasteiger partial charge in [0.2, 0.25) is 0 Å². The maximum atomic E-state index is 12.3. The number of alkyl halides is 3. The van der Waals surface area contributed by atoms with Crippen molar-refractivity contribution in [1.29, 1.82) is 0 Å². The van der Waals surface area contributed by atoms with Crippen LogP contribution in [0.1, 0.15) is 25.7 Å². The molecule has 1 saturated carbocycles. The van der Waals surface area contributed by atoms with Crippen molar-refractivity contribution in [2.75, 3.05) is 13.1 Å². The molecular weight excluding hydrogens is 193 g/mol. The Morgan fingerprint density at radius 2 is 1.71 bits per heavy atom. The average molecular weight is 210 g/mol. The fourth-order valence-corrected chi connectivity index (χ4v) is 1.91. The Kier molecular flexibility index (Phi) is 4.19. The summed E-state index contributed by atoms with van der Waals surface area (Å²) < 4.78 is 36.8. The first-order valence-electron chi connectivity index (χ1n) is 5.04. The molecule has 84 valence electrons. The molecule has 0 aliphatic heterocycles. The lowest BCUT2D eigenvalue weighted by molar-refractivity contribution is -0.182. The second-order valence-corrected chi connectivity index (χ2v) is 3.83. The zero-order valence-electron chi connectivity index (χ0n) is 8.11. The lowest BCUT2D eigenvalue weighted by Crippen LogP contribution is -2.38. The number of halogens is 3. The maximum Gasteiger partial charge on any atom is 0.391 e. The Morgan fingerprint density at radius 3 is 2.14 bits per heavy atom. The highest BCUT2D eigenvalue weighted by molar-refractivity contribution is 4.80. The molecule has 14 heavy (non-hydrogen) atoms. The first-order valence-corrected chi connectivity index (χ1v) is 5.04. The SMILES string of the molecule is NCCNC1CCC(C(F)(F)F)CC1. The van der Waals surface area contributed by atoms with Gasteiger partial charge in [0.25, 0.3) is 0 Å². The molecule has 0 aromatic carbocycles. The van der Waals surface area contributed by atoms with Gasteiger partial charge in [0.05, 0.1) is 5.92 Å². The Labute approximate surface area is 82.0 Å². The van der Waals surface area contributed by atoms with E-state index in [1.807, 2.05) is 0 Å². The summed E-state index contributed by atoms with van der Waals surface area (Å²) in [5.74, 6) is -1.08. The van der Waals surface area contributed by atoms with Crippen LogP contribution in [-0.2, 0) is 0 Å². The van der Waals surface area contributed by atoms with Gasteiger partial charge in [-0.05, 0) is 25.7 Å². The van der Waals surface area contributed by atoms with Crippen LogP contribution >= 0.6 is 0 Å². The van der Waals surface area contributed by atoms with Gasteiger partial charge in [0, 0.05) is 19.1 Å². The summed E-state index contributed by atoms with van der Waals surface area (Å²) in [4.78, 5) is 0. The second kappa shape index (κ2) is 4.98. The average Bonchev–Trinajstić information content (AvgIpc) is 2.14. The highest BCUT2D eigenvalue weighted by Crippen LogP contribution is 2.37. The van der Waals surface area contributed by atoms with E-state index in [-0.39, 0.29) is 18.9 Å². The molecule has 1 aliphatic carbocycles. The first-order chi connectivity index (χ1) is 6.54. The molecule has 0 amide bonds. The van der Waals surface area contributed by atoms with E-state index in [9.17, 15) is 13.2 Å². The number of hydrogen-bond donors (Lipinski definition) is 2. The molecule has 0 unspecified atom stereocenters.